The molecule has 2 atom stereocenters. The number of carbonyl (C=O) groups is 2. The summed E-state index contributed by atoms with van der Waals surface area (Å²) in [5.74, 6) is -0.786. The van der Waals surface area contributed by atoms with Crippen LogP contribution in [0, 0.1) is 0 Å². The van der Waals surface area contributed by atoms with E-state index in [9.17, 15) is 9.59 Å². The summed E-state index contributed by atoms with van der Waals surface area (Å²) in [4.78, 5) is 26.5. The quantitative estimate of drug-likeness (QED) is 0.781. The fourth-order valence-corrected chi connectivity index (χ4v) is 2.17. The molecule has 1 aliphatic heterocycles. The number of carboxylic acid groups (broad SMARTS) is 1. The third-order valence-corrected chi connectivity index (χ3v) is 3.64. The van der Waals surface area contributed by atoms with Gasteiger partial charge in [-0.15, -0.1) is 0 Å². The van der Waals surface area contributed by atoms with Crippen LogP contribution in [0.25, 0.3) is 0 Å². The summed E-state index contributed by atoms with van der Waals surface area (Å²) in [6.45, 7) is 6.40. The summed E-state index contributed by atoms with van der Waals surface area (Å²) < 4.78 is 0. The lowest BCUT2D eigenvalue weighted by Gasteiger charge is -2.38. The highest BCUT2D eigenvalue weighted by molar-refractivity contribution is 5.74. The third-order valence-electron chi connectivity index (χ3n) is 3.64. The van der Waals surface area contributed by atoms with E-state index >= 15 is 0 Å². The number of likely N-dealkylation sites (N-methyl/N-ethyl adjacent to an activating group) is 1. The summed E-state index contributed by atoms with van der Waals surface area (Å²) in [6, 6.07) is 0.353. The van der Waals surface area contributed by atoms with Crippen molar-refractivity contribution in [1.82, 2.24) is 15.1 Å². The van der Waals surface area contributed by atoms with Crippen LogP contribution in [0.1, 0.15) is 33.1 Å². The van der Waals surface area contributed by atoms with Crippen molar-refractivity contribution in [2.45, 2.75) is 45.2 Å². The van der Waals surface area contributed by atoms with Gasteiger partial charge in [0, 0.05) is 38.1 Å². The summed E-state index contributed by atoms with van der Waals surface area (Å²) in [6.07, 6.45) is 1.45. The molecule has 1 rings (SSSR count). The predicted octanol–water partition coefficient (Wildman–Crippen LogP) is 0.975. The number of carbonyl (C=O) groups excluding carboxylic acids is 1. The molecule has 1 fully saturated rings. The second-order valence-corrected chi connectivity index (χ2v) is 5.41. The molecule has 0 bridgehead atoms. The highest BCUT2D eigenvalue weighted by Crippen LogP contribution is 2.08. The van der Waals surface area contributed by atoms with E-state index in [-0.39, 0.29) is 18.5 Å². The largest absolute Gasteiger partial charge is 0.481 e. The Balaban J connectivity index is 2.28. The average molecular weight is 271 g/mol. The van der Waals surface area contributed by atoms with Gasteiger partial charge in [-0.2, -0.15) is 0 Å². The molecule has 1 saturated heterocycles. The van der Waals surface area contributed by atoms with Gasteiger partial charge in [-0.3, -0.25) is 4.79 Å². The predicted molar refractivity (Wildman–Crippen MR) is 73.1 cm³/mol. The number of aliphatic carboxylic acids is 1. The smallest absolute Gasteiger partial charge is 0.317 e. The van der Waals surface area contributed by atoms with E-state index < -0.39 is 5.97 Å². The standard InChI is InChI=1S/C13H25N3O3/c1-10(5-4-6-12(17)18)14-13(19)16-8-7-15(3)11(2)9-16/h10-11H,4-9H2,1-3H3,(H,14,19)(H,17,18). The van der Waals surface area contributed by atoms with Crippen molar-refractivity contribution < 1.29 is 14.7 Å². The number of hydrogen-bond acceptors (Lipinski definition) is 3. The van der Waals surface area contributed by atoms with Gasteiger partial charge < -0.3 is 20.2 Å². The van der Waals surface area contributed by atoms with Gasteiger partial charge >= 0.3 is 12.0 Å². The van der Waals surface area contributed by atoms with Gasteiger partial charge in [0.15, 0.2) is 0 Å². The number of urea groups is 1. The Labute approximate surface area is 114 Å². The number of nitrogens with one attached hydrogen (secondary N) is 1. The van der Waals surface area contributed by atoms with Crippen LogP contribution in [-0.2, 0) is 4.79 Å². The maximum absolute atomic E-state index is 12.0. The summed E-state index contributed by atoms with van der Waals surface area (Å²) in [5.41, 5.74) is 0. The topological polar surface area (TPSA) is 72.9 Å². The van der Waals surface area contributed by atoms with E-state index in [1.807, 2.05) is 11.8 Å². The molecular formula is C13H25N3O3. The molecule has 0 aromatic heterocycles. The Kier molecular flexibility index (Phi) is 6.08. The lowest BCUT2D eigenvalue weighted by Crippen LogP contribution is -2.55. The van der Waals surface area contributed by atoms with Crippen molar-refractivity contribution in [2.24, 2.45) is 0 Å². The van der Waals surface area contributed by atoms with Crippen LogP contribution in [0.5, 0.6) is 0 Å². The van der Waals surface area contributed by atoms with Crippen molar-refractivity contribution in [2.75, 3.05) is 26.7 Å². The van der Waals surface area contributed by atoms with E-state index in [0.29, 0.717) is 18.9 Å². The SMILES string of the molecule is CC(CCCC(=O)O)NC(=O)N1CCN(C)C(C)C1. The minimum atomic E-state index is -0.786. The maximum Gasteiger partial charge on any atom is 0.317 e. The van der Waals surface area contributed by atoms with Crippen LogP contribution >= 0.6 is 0 Å². The van der Waals surface area contributed by atoms with E-state index in [1.165, 1.54) is 0 Å². The number of hydrogen-bond donors (Lipinski definition) is 2. The van der Waals surface area contributed by atoms with E-state index in [0.717, 1.165) is 19.6 Å². The Morgan fingerprint density at radius 2 is 2.11 bits per heavy atom. The van der Waals surface area contributed by atoms with Gasteiger partial charge in [0.25, 0.3) is 0 Å². The van der Waals surface area contributed by atoms with Gasteiger partial charge in [-0.1, -0.05) is 0 Å². The summed E-state index contributed by atoms with van der Waals surface area (Å²) in [7, 11) is 2.06. The van der Waals surface area contributed by atoms with Crippen LogP contribution < -0.4 is 5.32 Å². The minimum Gasteiger partial charge on any atom is -0.481 e. The summed E-state index contributed by atoms with van der Waals surface area (Å²) in [5, 5.41) is 11.5. The summed E-state index contributed by atoms with van der Waals surface area (Å²) >= 11 is 0. The zero-order chi connectivity index (χ0) is 14.4. The van der Waals surface area contributed by atoms with Crippen LogP contribution in [0.2, 0.25) is 0 Å². The molecule has 2 unspecified atom stereocenters. The van der Waals surface area contributed by atoms with Crippen molar-refractivity contribution in [3.63, 3.8) is 0 Å². The minimum absolute atomic E-state index is 0.0156. The first kappa shape index (κ1) is 15.8. The lowest BCUT2D eigenvalue weighted by molar-refractivity contribution is -0.137. The molecule has 0 aromatic carbocycles. The van der Waals surface area contributed by atoms with Gasteiger partial charge in [-0.25, -0.2) is 4.79 Å². The molecule has 1 heterocycles. The van der Waals surface area contributed by atoms with Gasteiger partial charge in [-0.05, 0) is 33.7 Å². The molecule has 2 amide bonds. The molecule has 0 saturated carbocycles. The second-order valence-electron chi connectivity index (χ2n) is 5.41. The van der Waals surface area contributed by atoms with Crippen LogP contribution in [0.4, 0.5) is 4.79 Å². The molecule has 0 radical (unpaired) electrons. The lowest BCUT2D eigenvalue weighted by atomic mass is 10.1. The van der Waals surface area contributed by atoms with Crippen molar-refractivity contribution in [1.29, 1.82) is 0 Å². The van der Waals surface area contributed by atoms with E-state index in [2.05, 4.69) is 24.2 Å². The van der Waals surface area contributed by atoms with Crippen LogP contribution in [-0.4, -0.2) is 65.7 Å². The number of amides is 2. The molecule has 2 N–H and O–H groups in total. The van der Waals surface area contributed by atoms with E-state index in [1.54, 1.807) is 0 Å². The normalized spacial score (nSPS) is 22.1. The van der Waals surface area contributed by atoms with Crippen LogP contribution in [0.15, 0.2) is 0 Å². The molecule has 0 aromatic rings. The number of nitrogens with zero attached hydrogens (tertiary/aromatic N) is 2. The Morgan fingerprint density at radius 1 is 1.42 bits per heavy atom. The Bertz CT molecular complexity index is 322. The van der Waals surface area contributed by atoms with Crippen LogP contribution in [0.3, 0.4) is 0 Å². The fourth-order valence-electron chi connectivity index (χ4n) is 2.17. The molecule has 6 nitrogen and oxygen atoms in total. The molecule has 0 spiro atoms. The molecule has 0 aliphatic carbocycles. The van der Waals surface area contributed by atoms with Gasteiger partial charge in [0.2, 0.25) is 0 Å². The molecule has 19 heavy (non-hydrogen) atoms. The monoisotopic (exact) mass is 271 g/mol. The maximum atomic E-state index is 12.0. The zero-order valence-electron chi connectivity index (χ0n) is 12.1. The highest BCUT2D eigenvalue weighted by atomic mass is 16.4. The second kappa shape index (κ2) is 7.33. The first-order valence-electron chi connectivity index (χ1n) is 6.87. The average Bonchev–Trinajstić information content (AvgIpc) is 2.32. The fraction of sp³-hybridized carbons (Fsp3) is 0.846. The third kappa shape index (κ3) is 5.46. The molecule has 6 heteroatoms. The Morgan fingerprint density at radius 3 is 2.68 bits per heavy atom. The van der Waals surface area contributed by atoms with Crippen molar-refractivity contribution >= 4 is 12.0 Å². The highest BCUT2D eigenvalue weighted by Gasteiger charge is 2.24. The molecule has 1 aliphatic rings. The number of carboxylic acids is 1. The first-order chi connectivity index (χ1) is 8.90. The first-order valence-corrected chi connectivity index (χ1v) is 6.87. The Hall–Kier alpha value is -1.30. The van der Waals surface area contributed by atoms with Gasteiger partial charge in [0.05, 0.1) is 0 Å². The van der Waals surface area contributed by atoms with Crippen molar-refractivity contribution in [3.8, 4) is 0 Å². The van der Waals surface area contributed by atoms with E-state index in [4.69, 9.17) is 5.11 Å². The molecular weight excluding hydrogens is 246 g/mol. The number of piperazine rings is 1. The zero-order valence-corrected chi connectivity index (χ0v) is 12.1. The van der Waals surface area contributed by atoms with Gasteiger partial charge in [0.1, 0.15) is 0 Å². The number of rotatable bonds is 5. The van der Waals surface area contributed by atoms with Crippen molar-refractivity contribution in [3.05, 3.63) is 0 Å². The molecule has 110 valence electrons.